The summed E-state index contributed by atoms with van der Waals surface area (Å²) in [4.78, 5) is 0. The molecule has 1 atom stereocenters. The van der Waals surface area contributed by atoms with Gasteiger partial charge >= 0.3 is 0 Å². The van der Waals surface area contributed by atoms with Gasteiger partial charge in [0.1, 0.15) is 11.6 Å². The molecule has 7 heteroatoms. The van der Waals surface area contributed by atoms with E-state index in [0.29, 0.717) is 5.02 Å². The van der Waals surface area contributed by atoms with E-state index in [1.54, 1.807) is 18.2 Å². The van der Waals surface area contributed by atoms with Gasteiger partial charge in [-0.15, -0.1) is 0 Å². The van der Waals surface area contributed by atoms with Crippen molar-refractivity contribution in [3.05, 3.63) is 67.1 Å². The molecule has 2 aromatic carbocycles. The van der Waals surface area contributed by atoms with Crippen molar-refractivity contribution in [2.24, 2.45) is 5.84 Å². The first kappa shape index (κ1) is 16.8. The van der Waals surface area contributed by atoms with Gasteiger partial charge in [-0.25, -0.2) is 8.78 Å². The van der Waals surface area contributed by atoms with Crippen LogP contribution in [0.25, 0.3) is 0 Å². The molecule has 0 spiro atoms. The van der Waals surface area contributed by atoms with Crippen LogP contribution in [0.4, 0.5) is 8.78 Å². The summed E-state index contributed by atoms with van der Waals surface area (Å²) >= 11 is 12.4. The van der Waals surface area contributed by atoms with E-state index in [2.05, 4.69) is 37.3 Å². The Labute approximate surface area is 142 Å². The fraction of sp³-hybridized carbons (Fsp3) is 0.143. The van der Waals surface area contributed by atoms with E-state index < -0.39 is 17.7 Å². The van der Waals surface area contributed by atoms with Crippen molar-refractivity contribution < 1.29 is 8.78 Å². The first-order valence-electron chi connectivity index (χ1n) is 5.97. The molecule has 0 bridgehead atoms. The van der Waals surface area contributed by atoms with Gasteiger partial charge in [-0.2, -0.15) is 0 Å². The average molecular weight is 441 g/mol. The molecule has 0 saturated carbocycles. The van der Waals surface area contributed by atoms with Crippen molar-refractivity contribution in [3.63, 3.8) is 0 Å². The molecule has 0 aliphatic carbocycles. The zero-order valence-electron chi connectivity index (χ0n) is 10.6. The molecule has 0 fully saturated rings. The van der Waals surface area contributed by atoms with E-state index in [0.717, 1.165) is 10.0 Å². The highest BCUT2D eigenvalue weighted by Gasteiger charge is 2.19. The lowest BCUT2D eigenvalue weighted by molar-refractivity contribution is 0.498. The third-order valence-corrected chi connectivity index (χ3v) is 4.32. The molecule has 2 aromatic rings. The van der Waals surface area contributed by atoms with Gasteiger partial charge in [0.25, 0.3) is 0 Å². The summed E-state index contributed by atoms with van der Waals surface area (Å²) in [6, 6.07) is 7.28. The fourth-order valence-electron chi connectivity index (χ4n) is 2.01. The lowest BCUT2D eigenvalue weighted by Crippen LogP contribution is -2.30. The summed E-state index contributed by atoms with van der Waals surface area (Å²) in [6.45, 7) is 0. The standard InChI is InChI=1S/C14H11Br2ClF2N2/c15-8-3-7(4-9(17)5-8)13(21-20)6-10-12(18)2-1-11(16)14(10)19/h1-5,13,21H,6,20H2. The zero-order valence-corrected chi connectivity index (χ0v) is 14.6. The number of nitrogens with one attached hydrogen (secondary N) is 1. The zero-order chi connectivity index (χ0) is 15.6. The Bertz CT molecular complexity index is 647. The monoisotopic (exact) mass is 438 g/mol. The molecule has 0 radical (unpaired) electrons. The van der Waals surface area contributed by atoms with Gasteiger partial charge in [-0.3, -0.25) is 11.3 Å². The van der Waals surface area contributed by atoms with Crippen molar-refractivity contribution in [3.8, 4) is 0 Å². The largest absolute Gasteiger partial charge is 0.271 e. The predicted octanol–water partition coefficient (Wildman–Crippen LogP) is 4.89. The maximum absolute atomic E-state index is 14.0. The number of hydrogen-bond donors (Lipinski definition) is 2. The van der Waals surface area contributed by atoms with Gasteiger partial charge in [0.2, 0.25) is 0 Å². The van der Waals surface area contributed by atoms with E-state index in [1.165, 1.54) is 12.1 Å². The minimum Gasteiger partial charge on any atom is -0.271 e. The number of nitrogens with two attached hydrogens (primary N) is 1. The lowest BCUT2D eigenvalue weighted by atomic mass is 9.98. The van der Waals surface area contributed by atoms with Crippen LogP contribution in [-0.2, 0) is 6.42 Å². The van der Waals surface area contributed by atoms with Crippen LogP contribution in [-0.4, -0.2) is 0 Å². The molecular formula is C14H11Br2ClF2N2. The van der Waals surface area contributed by atoms with Gasteiger partial charge in [0.05, 0.1) is 10.5 Å². The summed E-state index contributed by atoms with van der Waals surface area (Å²) in [5, 5.41) is 0.509. The van der Waals surface area contributed by atoms with Crippen molar-refractivity contribution in [1.29, 1.82) is 0 Å². The Balaban J connectivity index is 2.38. The van der Waals surface area contributed by atoms with Crippen LogP contribution in [0.3, 0.4) is 0 Å². The Morgan fingerprint density at radius 1 is 1.19 bits per heavy atom. The van der Waals surface area contributed by atoms with Crippen LogP contribution >= 0.6 is 43.5 Å². The summed E-state index contributed by atoms with van der Waals surface area (Å²) in [7, 11) is 0. The van der Waals surface area contributed by atoms with Crippen LogP contribution in [0.1, 0.15) is 17.2 Å². The van der Waals surface area contributed by atoms with Crippen LogP contribution < -0.4 is 11.3 Å². The highest BCUT2D eigenvalue weighted by atomic mass is 79.9. The van der Waals surface area contributed by atoms with Gasteiger partial charge in [-0.05, 0) is 58.2 Å². The number of halogens is 5. The molecule has 2 nitrogen and oxygen atoms in total. The first-order valence-corrected chi connectivity index (χ1v) is 7.93. The second-order valence-corrected chi connectivity index (χ2v) is 6.65. The van der Waals surface area contributed by atoms with Crippen LogP contribution in [0.5, 0.6) is 0 Å². The molecule has 0 aliphatic rings. The summed E-state index contributed by atoms with van der Waals surface area (Å²) < 4.78 is 28.9. The average Bonchev–Trinajstić information content (AvgIpc) is 2.42. The molecule has 3 N–H and O–H groups in total. The van der Waals surface area contributed by atoms with Crippen molar-refractivity contribution in [1.82, 2.24) is 5.43 Å². The van der Waals surface area contributed by atoms with Crippen molar-refractivity contribution >= 4 is 43.5 Å². The van der Waals surface area contributed by atoms with E-state index in [4.69, 9.17) is 17.4 Å². The van der Waals surface area contributed by atoms with E-state index >= 15 is 0 Å². The molecule has 0 saturated heterocycles. The number of hydrazine groups is 1. The van der Waals surface area contributed by atoms with Crippen LogP contribution in [0.2, 0.25) is 5.02 Å². The van der Waals surface area contributed by atoms with Crippen LogP contribution in [0, 0.1) is 11.6 Å². The molecular weight excluding hydrogens is 429 g/mol. The minimum atomic E-state index is -0.628. The molecule has 112 valence electrons. The number of benzene rings is 2. The van der Waals surface area contributed by atoms with Gasteiger partial charge in [-0.1, -0.05) is 27.5 Å². The minimum absolute atomic E-state index is 0.0385. The Hall–Kier alpha value is -0.530. The summed E-state index contributed by atoms with van der Waals surface area (Å²) in [5.74, 6) is 4.28. The predicted molar refractivity (Wildman–Crippen MR) is 87.0 cm³/mol. The first-order chi connectivity index (χ1) is 9.92. The van der Waals surface area contributed by atoms with E-state index in [-0.39, 0.29) is 16.5 Å². The summed E-state index contributed by atoms with van der Waals surface area (Å²) in [6.07, 6.45) is 0.0559. The fourth-order valence-corrected chi connectivity index (χ4v) is 3.27. The van der Waals surface area contributed by atoms with Gasteiger partial charge in [0, 0.05) is 15.1 Å². The molecule has 1 unspecified atom stereocenters. The third kappa shape index (κ3) is 4.02. The number of rotatable bonds is 4. The molecule has 0 aliphatic heterocycles. The Morgan fingerprint density at radius 2 is 1.90 bits per heavy atom. The quantitative estimate of drug-likeness (QED) is 0.404. The molecule has 0 aromatic heterocycles. The molecule has 2 rings (SSSR count). The van der Waals surface area contributed by atoms with E-state index in [1.807, 2.05) is 0 Å². The highest BCUT2D eigenvalue weighted by molar-refractivity contribution is 9.10. The maximum Gasteiger partial charge on any atom is 0.143 e. The lowest BCUT2D eigenvalue weighted by Gasteiger charge is -2.18. The molecule has 0 amide bonds. The molecule has 0 heterocycles. The van der Waals surface area contributed by atoms with Gasteiger partial charge < -0.3 is 0 Å². The maximum atomic E-state index is 14.0. The summed E-state index contributed by atoms with van der Waals surface area (Å²) in [5.41, 5.74) is 3.26. The van der Waals surface area contributed by atoms with Crippen molar-refractivity contribution in [2.45, 2.75) is 12.5 Å². The second kappa shape index (κ2) is 7.15. The molecule has 21 heavy (non-hydrogen) atoms. The van der Waals surface area contributed by atoms with Crippen molar-refractivity contribution in [2.75, 3.05) is 0 Å². The second-order valence-electron chi connectivity index (χ2n) is 4.45. The van der Waals surface area contributed by atoms with Crippen LogP contribution in [0.15, 0.2) is 39.3 Å². The highest BCUT2D eigenvalue weighted by Crippen LogP contribution is 2.29. The van der Waals surface area contributed by atoms with Gasteiger partial charge in [0.15, 0.2) is 0 Å². The Kier molecular flexibility index (Phi) is 5.73. The number of hydrogen-bond acceptors (Lipinski definition) is 2. The normalized spacial score (nSPS) is 12.5. The smallest absolute Gasteiger partial charge is 0.143 e. The third-order valence-electron chi connectivity index (χ3n) is 3.04. The topological polar surface area (TPSA) is 38.0 Å². The van der Waals surface area contributed by atoms with E-state index in [9.17, 15) is 8.78 Å². The SMILES string of the molecule is NNC(Cc1c(F)ccc(Br)c1F)c1cc(Cl)cc(Br)c1. The Morgan fingerprint density at radius 3 is 2.52 bits per heavy atom.